The van der Waals surface area contributed by atoms with Gasteiger partial charge in [0.25, 0.3) is 0 Å². The van der Waals surface area contributed by atoms with Gasteiger partial charge in [0.2, 0.25) is 5.91 Å². The highest BCUT2D eigenvalue weighted by Crippen LogP contribution is 2.26. The van der Waals surface area contributed by atoms with E-state index in [0.29, 0.717) is 9.50 Å². The van der Waals surface area contributed by atoms with Crippen LogP contribution in [0.4, 0.5) is 18.9 Å². The van der Waals surface area contributed by atoms with Crippen molar-refractivity contribution < 1.29 is 18.0 Å². The summed E-state index contributed by atoms with van der Waals surface area (Å²) in [6.07, 6.45) is -6.02. The summed E-state index contributed by atoms with van der Waals surface area (Å²) in [6.45, 7) is 0. The van der Waals surface area contributed by atoms with Crippen LogP contribution in [0.25, 0.3) is 0 Å². The van der Waals surface area contributed by atoms with Crippen LogP contribution in [0.2, 0.25) is 5.02 Å². The van der Waals surface area contributed by atoms with Gasteiger partial charge in [0.05, 0.1) is 5.02 Å². The van der Waals surface area contributed by atoms with Crippen LogP contribution >= 0.6 is 27.5 Å². The van der Waals surface area contributed by atoms with Crippen molar-refractivity contribution in [1.29, 1.82) is 0 Å². The van der Waals surface area contributed by atoms with Crippen LogP contribution in [0.1, 0.15) is 6.42 Å². The minimum absolute atomic E-state index is 0.224. The van der Waals surface area contributed by atoms with E-state index in [1.807, 2.05) is 0 Å². The van der Waals surface area contributed by atoms with Crippen molar-refractivity contribution in [3.8, 4) is 0 Å². The third-order valence-corrected chi connectivity index (χ3v) is 2.80. The van der Waals surface area contributed by atoms with Gasteiger partial charge in [0.1, 0.15) is 6.42 Å². The van der Waals surface area contributed by atoms with E-state index in [0.717, 1.165) is 0 Å². The van der Waals surface area contributed by atoms with Crippen LogP contribution in [0.5, 0.6) is 0 Å². The van der Waals surface area contributed by atoms with Gasteiger partial charge in [-0.15, -0.1) is 0 Å². The summed E-state index contributed by atoms with van der Waals surface area (Å²) in [5.41, 5.74) is 0.224. The van der Waals surface area contributed by atoms with E-state index in [1.54, 1.807) is 0 Å². The summed E-state index contributed by atoms with van der Waals surface area (Å²) in [5.74, 6) is -1.12. The average Bonchev–Trinajstić information content (AvgIpc) is 2.08. The Kier molecular flexibility index (Phi) is 4.21. The molecule has 2 nitrogen and oxygen atoms in total. The van der Waals surface area contributed by atoms with E-state index < -0.39 is 18.5 Å². The van der Waals surface area contributed by atoms with Gasteiger partial charge in [-0.25, -0.2) is 0 Å². The monoisotopic (exact) mass is 315 g/mol. The molecule has 1 aromatic rings. The number of anilines is 1. The number of carbonyl (C=O) groups excluding carboxylic acids is 1. The fourth-order valence-electron chi connectivity index (χ4n) is 0.961. The first-order valence-corrected chi connectivity index (χ1v) is 5.27. The zero-order valence-electron chi connectivity index (χ0n) is 7.74. The van der Waals surface area contributed by atoms with E-state index in [-0.39, 0.29) is 5.69 Å². The molecule has 0 heterocycles. The number of benzene rings is 1. The van der Waals surface area contributed by atoms with Crippen molar-refractivity contribution in [2.75, 3.05) is 5.32 Å². The Labute approximate surface area is 103 Å². The molecule has 1 aromatic carbocycles. The van der Waals surface area contributed by atoms with Crippen molar-refractivity contribution in [2.24, 2.45) is 0 Å². The molecule has 0 unspecified atom stereocenters. The second-order valence-corrected chi connectivity index (χ2v) is 4.23. The van der Waals surface area contributed by atoms with Gasteiger partial charge in [0, 0.05) is 10.2 Å². The van der Waals surface area contributed by atoms with E-state index in [1.165, 1.54) is 18.2 Å². The molecule has 0 fully saturated rings. The van der Waals surface area contributed by atoms with Crippen molar-refractivity contribution in [3.05, 3.63) is 27.7 Å². The highest BCUT2D eigenvalue weighted by Gasteiger charge is 2.31. The molecule has 1 N–H and O–H groups in total. The lowest BCUT2D eigenvalue weighted by atomic mass is 10.3. The molecule has 1 amide bonds. The first kappa shape index (κ1) is 13.3. The number of amides is 1. The quantitative estimate of drug-likeness (QED) is 0.878. The molecule has 0 aliphatic carbocycles. The zero-order valence-corrected chi connectivity index (χ0v) is 10.1. The molecule has 0 aliphatic rings. The second kappa shape index (κ2) is 5.05. The van der Waals surface area contributed by atoms with Crippen molar-refractivity contribution in [1.82, 2.24) is 0 Å². The number of alkyl halides is 3. The molecule has 7 heteroatoms. The van der Waals surface area contributed by atoms with E-state index in [2.05, 4.69) is 21.2 Å². The molecule has 0 bridgehead atoms. The molecule has 0 saturated carbocycles. The molecule has 88 valence electrons. The molecule has 0 atom stereocenters. The maximum Gasteiger partial charge on any atom is 0.397 e. The molecular formula is C9H6BrClF3NO. The molecule has 0 saturated heterocycles. The lowest BCUT2D eigenvalue weighted by Crippen LogP contribution is -2.21. The lowest BCUT2D eigenvalue weighted by molar-refractivity contribution is -0.150. The first-order chi connectivity index (χ1) is 7.28. The summed E-state index contributed by atoms with van der Waals surface area (Å²) in [7, 11) is 0. The smallest absolute Gasteiger partial charge is 0.326 e. The Morgan fingerprint density at radius 2 is 2.06 bits per heavy atom. The van der Waals surface area contributed by atoms with E-state index in [4.69, 9.17) is 11.6 Å². The van der Waals surface area contributed by atoms with Crippen LogP contribution in [0, 0.1) is 0 Å². The van der Waals surface area contributed by atoms with Gasteiger partial charge in [-0.05, 0) is 34.1 Å². The second-order valence-electron chi connectivity index (χ2n) is 2.97. The zero-order chi connectivity index (χ0) is 12.3. The highest BCUT2D eigenvalue weighted by molar-refractivity contribution is 9.10. The fraction of sp³-hybridized carbons (Fsp3) is 0.222. The largest absolute Gasteiger partial charge is 0.397 e. The van der Waals surface area contributed by atoms with E-state index >= 15 is 0 Å². The Bertz CT molecular complexity index is 408. The van der Waals surface area contributed by atoms with Crippen molar-refractivity contribution in [3.63, 3.8) is 0 Å². The molecule has 0 aliphatic heterocycles. The molecule has 1 rings (SSSR count). The van der Waals surface area contributed by atoms with Crippen LogP contribution in [-0.4, -0.2) is 12.1 Å². The van der Waals surface area contributed by atoms with Crippen LogP contribution in [0.15, 0.2) is 22.7 Å². The van der Waals surface area contributed by atoms with Crippen LogP contribution in [0.3, 0.4) is 0 Å². The summed E-state index contributed by atoms with van der Waals surface area (Å²) in [5, 5.41) is 2.41. The van der Waals surface area contributed by atoms with Crippen molar-refractivity contribution in [2.45, 2.75) is 12.6 Å². The third kappa shape index (κ3) is 4.40. The number of hydrogen-bond acceptors (Lipinski definition) is 1. The van der Waals surface area contributed by atoms with Gasteiger partial charge in [-0.3, -0.25) is 4.79 Å². The van der Waals surface area contributed by atoms with E-state index in [9.17, 15) is 18.0 Å². The molecule has 0 spiro atoms. The predicted molar refractivity (Wildman–Crippen MR) is 58.5 cm³/mol. The topological polar surface area (TPSA) is 29.1 Å². The van der Waals surface area contributed by atoms with Crippen molar-refractivity contribution >= 4 is 39.1 Å². The summed E-state index contributed by atoms with van der Waals surface area (Å²) in [4.78, 5) is 10.9. The summed E-state index contributed by atoms with van der Waals surface area (Å²) < 4.78 is 36.2. The molecule has 16 heavy (non-hydrogen) atoms. The Morgan fingerprint density at radius 1 is 1.44 bits per heavy atom. The normalized spacial score (nSPS) is 11.3. The van der Waals surface area contributed by atoms with Gasteiger partial charge >= 0.3 is 6.18 Å². The van der Waals surface area contributed by atoms with Gasteiger partial charge in [0.15, 0.2) is 0 Å². The predicted octanol–water partition coefficient (Wildman–Crippen LogP) is 3.99. The summed E-state index contributed by atoms with van der Waals surface area (Å²) >= 11 is 8.83. The van der Waals surface area contributed by atoms with Gasteiger partial charge < -0.3 is 5.32 Å². The highest BCUT2D eigenvalue weighted by atomic mass is 79.9. The number of carbonyl (C=O) groups is 1. The molecule has 0 aromatic heterocycles. The van der Waals surface area contributed by atoms with Gasteiger partial charge in [-0.2, -0.15) is 13.2 Å². The molecule has 0 radical (unpaired) electrons. The number of rotatable bonds is 2. The maximum absolute atomic E-state index is 11.9. The first-order valence-electron chi connectivity index (χ1n) is 4.09. The Morgan fingerprint density at radius 3 is 2.56 bits per heavy atom. The van der Waals surface area contributed by atoms with Crippen LogP contribution in [-0.2, 0) is 4.79 Å². The van der Waals surface area contributed by atoms with Crippen LogP contribution < -0.4 is 5.32 Å². The third-order valence-electron chi connectivity index (χ3n) is 1.56. The number of hydrogen-bond donors (Lipinski definition) is 1. The minimum Gasteiger partial charge on any atom is -0.326 e. The lowest BCUT2D eigenvalue weighted by Gasteiger charge is -2.08. The molecular weight excluding hydrogens is 310 g/mol. The fourth-order valence-corrected chi connectivity index (χ4v) is 1.39. The standard InChI is InChI=1S/C9H6BrClF3NO/c10-6-2-1-5(3-7(6)11)15-8(16)4-9(12,13)14/h1-3H,4H2,(H,15,16). The van der Waals surface area contributed by atoms with Gasteiger partial charge in [-0.1, -0.05) is 11.6 Å². The number of nitrogens with one attached hydrogen (secondary N) is 1. The SMILES string of the molecule is O=C(CC(F)(F)F)Nc1ccc(Br)c(Cl)c1. The maximum atomic E-state index is 11.9. The average molecular weight is 317 g/mol. The Hall–Kier alpha value is -0.750. The minimum atomic E-state index is -4.51. The number of halogens is 5. The Balaban J connectivity index is 2.67. The summed E-state index contributed by atoms with van der Waals surface area (Å²) in [6, 6.07) is 4.34.